The average molecular weight is 393 g/mol. The number of carbonyl (C=O) groups is 2. The quantitative estimate of drug-likeness (QED) is 0.467. The molecule has 3 heterocycles. The van der Waals surface area contributed by atoms with Gasteiger partial charge in [0.1, 0.15) is 12.3 Å². The summed E-state index contributed by atoms with van der Waals surface area (Å²) in [6.07, 6.45) is 2.51. The molecule has 4 rings (SSSR count). The van der Waals surface area contributed by atoms with Crippen LogP contribution >= 0.6 is 0 Å². The van der Waals surface area contributed by atoms with Crippen molar-refractivity contribution in [2.24, 2.45) is 0 Å². The summed E-state index contributed by atoms with van der Waals surface area (Å²) in [6, 6.07) is 11.8. The second-order valence-corrected chi connectivity index (χ2v) is 7.01. The molecule has 150 valence electrons. The van der Waals surface area contributed by atoms with Crippen LogP contribution in [0.15, 0.2) is 42.6 Å². The van der Waals surface area contributed by atoms with Gasteiger partial charge in [-0.3, -0.25) is 14.5 Å². The molecule has 1 aromatic carbocycles. The van der Waals surface area contributed by atoms with Gasteiger partial charge in [-0.25, -0.2) is 9.50 Å². The number of hydrogen-bond acceptors (Lipinski definition) is 7. The Balaban J connectivity index is 1.41. The highest BCUT2D eigenvalue weighted by Crippen LogP contribution is 2.24. The maximum atomic E-state index is 11.0. The molecule has 2 aromatic heterocycles. The molecule has 0 spiro atoms. The van der Waals surface area contributed by atoms with Crippen LogP contribution < -0.4 is 4.90 Å². The van der Waals surface area contributed by atoms with E-state index in [0.717, 1.165) is 50.3 Å². The normalized spacial score (nSPS) is 14.9. The molecule has 0 aliphatic carbocycles. The largest absolute Gasteiger partial charge is 0.465 e. The van der Waals surface area contributed by atoms with Crippen LogP contribution in [-0.2, 0) is 9.53 Å². The molecule has 1 aliphatic heterocycles. The molecule has 0 amide bonds. The van der Waals surface area contributed by atoms with E-state index in [1.54, 1.807) is 22.8 Å². The highest BCUT2D eigenvalue weighted by Gasteiger charge is 2.17. The van der Waals surface area contributed by atoms with Crippen LogP contribution in [0.2, 0.25) is 0 Å². The fourth-order valence-corrected chi connectivity index (χ4v) is 3.54. The molecule has 29 heavy (non-hydrogen) atoms. The number of imidazole rings is 1. The van der Waals surface area contributed by atoms with E-state index in [-0.39, 0.29) is 5.97 Å². The second-order valence-electron chi connectivity index (χ2n) is 7.01. The number of aldehydes is 1. The van der Waals surface area contributed by atoms with Crippen molar-refractivity contribution in [1.82, 2.24) is 19.5 Å². The number of rotatable bonds is 6. The molecule has 0 N–H and O–H groups in total. The zero-order valence-electron chi connectivity index (χ0n) is 16.3. The van der Waals surface area contributed by atoms with Crippen LogP contribution in [0, 0.1) is 0 Å². The summed E-state index contributed by atoms with van der Waals surface area (Å²) in [5.74, 6) is -0.229. The van der Waals surface area contributed by atoms with Gasteiger partial charge < -0.3 is 9.64 Å². The summed E-state index contributed by atoms with van der Waals surface area (Å²) < 4.78 is 6.72. The van der Waals surface area contributed by atoms with Gasteiger partial charge >= 0.3 is 5.97 Å². The number of aromatic nitrogens is 3. The van der Waals surface area contributed by atoms with Gasteiger partial charge in [0.15, 0.2) is 11.9 Å². The standard InChI is InChI=1S/C21H23N5O3/c1-16(28)29-13-12-24-8-10-25(11-9-24)19-5-2-17(3-6-19)20-14-22-21-7-4-18(15-27)23-26(20)21/h2-7,14-15H,8-13H2,1H3. The van der Waals surface area contributed by atoms with Crippen molar-refractivity contribution in [1.29, 1.82) is 0 Å². The number of piperazine rings is 1. The summed E-state index contributed by atoms with van der Waals surface area (Å²) >= 11 is 0. The summed E-state index contributed by atoms with van der Waals surface area (Å²) in [6.45, 7) is 6.40. The zero-order valence-corrected chi connectivity index (χ0v) is 16.3. The highest BCUT2D eigenvalue weighted by atomic mass is 16.5. The SMILES string of the molecule is CC(=O)OCCN1CCN(c2ccc(-c3cnc4ccc(C=O)nn34)cc2)CC1. The molecule has 8 heteroatoms. The van der Waals surface area contributed by atoms with Crippen LogP contribution in [0.4, 0.5) is 5.69 Å². The van der Waals surface area contributed by atoms with Gasteiger partial charge in [0.2, 0.25) is 0 Å². The van der Waals surface area contributed by atoms with Gasteiger partial charge in [-0.1, -0.05) is 12.1 Å². The lowest BCUT2D eigenvalue weighted by Gasteiger charge is -2.36. The predicted octanol–water partition coefficient (Wildman–Crippen LogP) is 1.89. The Bertz CT molecular complexity index is 1010. The van der Waals surface area contributed by atoms with Crippen molar-refractivity contribution >= 4 is 23.6 Å². The van der Waals surface area contributed by atoms with Gasteiger partial charge in [0, 0.05) is 50.9 Å². The topological polar surface area (TPSA) is 80.0 Å². The monoisotopic (exact) mass is 393 g/mol. The van der Waals surface area contributed by atoms with Gasteiger partial charge in [-0.05, 0) is 24.3 Å². The van der Waals surface area contributed by atoms with E-state index in [0.29, 0.717) is 17.9 Å². The minimum absolute atomic E-state index is 0.229. The van der Waals surface area contributed by atoms with E-state index in [2.05, 4.69) is 44.1 Å². The number of carbonyl (C=O) groups excluding carboxylic acids is 2. The average Bonchev–Trinajstić information content (AvgIpc) is 3.17. The summed E-state index contributed by atoms with van der Waals surface area (Å²) in [7, 11) is 0. The number of anilines is 1. The van der Waals surface area contributed by atoms with Gasteiger partial charge in [-0.15, -0.1) is 0 Å². The first kappa shape index (κ1) is 19.1. The maximum Gasteiger partial charge on any atom is 0.302 e. The number of esters is 1. The molecule has 1 saturated heterocycles. The Morgan fingerprint density at radius 3 is 2.55 bits per heavy atom. The van der Waals surface area contributed by atoms with Crippen LogP contribution in [0.25, 0.3) is 16.9 Å². The molecule has 1 fully saturated rings. The minimum atomic E-state index is -0.229. The third kappa shape index (κ3) is 4.27. The first-order chi connectivity index (χ1) is 14.1. The molecule has 1 aliphatic rings. The number of hydrogen-bond donors (Lipinski definition) is 0. The number of nitrogens with zero attached hydrogens (tertiary/aromatic N) is 5. The summed E-state index contributed by atoms with van der Waals surface area (Å²) in [4.78, 5) is 30.9. The van der Waals surface area contributed by atoms with Crippen LogP contribution in [0.5, 0.6) is 0 Å². The Hall–Kier alpha value is -3.26. The summed E-state index contributed by atoms with van der Waals surface area (Å²) in [5.41, 5.74) is 4.10. The smallest absolute Gasteiger partial charge is 0.302 e. The molecule has 0 bridgehead atoms. The maximum absolute atomic E-state index is 11.0. The first-order valence-electron chi connectivity index (χ1n) is 9.65. The van der Waals surface area contributed by atoms with E-state index in [9.17, 15) is 9.59 Å². The predicted molar refractivity (Wildman–Crippen MR) is 109 cm³/mol. The van der Waals surface area contributed by atoms with Gasteiger partial charge in [-0.2, -0.15) is 5.10 Å². The van der Waals surface area contributed by atoms with Crippen LogP contribution in [-0.4, -0.2) is 71.1 Å². The molecule has 0 atom stereocenters. The fraction of sp³-hybridized carbons (Fsp3) is 0.333. The van der Waals surface area contributed by atoms with Crippen molar-refractivity contribution in [2.45, 2.75) is 6.92 Å². The van der Waals surface area contributed by atoms with E-state index >= 15 is 0 Å². The van der Waals surface area contributed by atoms with E-state index in [4.69, 9.17) is 4.74 Å². The Kier molecular flexibility index (Phi) is 5.53. The first-order valence-corrected chi connectivity index (χ1v) is 9.65. The molecular formula is C21H23N5O3. The minimum Gasteiger partial charge on any atom is -0.465 e. The van der Waals surface area contributed by atoms with E-state index < -0.39 is 0 Å². The second kappa shape index (κ2) is 8.40. The van der Waals surface area contributed by atoms with Crippen molar-refractivity contribution < 1.29 is 14.3 Å². The lowest BCUT2D eigenvalue weighted by molar-refractivity contribution is -0.141. The Morgan fingerprint density at radius 1 is 1.10 bits per heavy atom. The van der Waals surface area contributed by atoms with Gasteiger partial charge in [0.25, 0.3) is 0 Å². The molecule has 8 nitrogen and oxygen atoms in total. The molecule has 0 unspecified atom stereocenters. The zero-order chi connectivity index (χ0) is 20.2. The van der Waals surface area contributed by atoms with Crippen LogP contribution in [0.1, 0.15) is 17.4 Å². The number of ether oxygens (including phenoxy) is 1. The van der Waals surface area contributed by atoms with Crippen molar-refractivity contribution in [3.05, 3.63) is 48.3 Å². The molecular weight excluding hydrogens is 370 g/mol. The highest BCUT2D eigenvalue weighted by molar-refractivity contribution is 5.73. The Labute approximate surface area is 168 Å². The van der Waals surface area contributed by atoms with Crippen molar-refractivity contribution in [2.75, 3.05) is 44.2 Å². The van der Waals surface area contributed by atoms with Crippen molar-refractivity contribution in [3.63, 3.8) is 0 Å². The lowest BCUT2D eigenvalue weighted by Crippen LogP contribution is -2.47. The van der Waals surface area contributed by atoms with Gasteiger partial charge in [0.05, 0.1) is 11.9 Å². The third-order valence-electron chi connectivity index (χ3n) is 5.12. The van der Waals surface area contributed by atoms with Crippen LogP contribution in [0.3, 0.4) is 0 Å². The fourth-order valence-electron chi connectivity index (χ4n) is 3.54. The number of fused-ring (bicyclic) bond motifs is 1. The molecule has 0 radical (unpaired) electrons. The van der Waals surface area contributed by atoms with E-state index in [1.807, 2.05) is 0 Å². The molecule has 3 aromatic rings. The lowest BCUT2D eigenvalue weighted by atomic mass is 10.1. The number of benzene rings is 1. The summed E-state index contributed by atoms with van der Waals surface area (Å²) in [5, 5.41) is 4.32. The third-order valence-corrected chi connectivity index (χ3v) is 5.12. The molecule has 0 saturated carbocycles. The Morgan fingerprint density at radius 2 is 1.86 bits per heavy atom. The van der Waals surface area contributed by atoms with Crippen molar-refractivity contribution in [3.8, 4) is 11.3 Å². The van der Waals surface area contributed by atoms with E-state index in [1.165, 1.54) is 12.6 Å².